The average molecular weight is 565 g/mol. The first-order chi connectivity index (χ1) is 17.9. The molecule has 2 amide bonds. The molecule has 0 aliphatic carbocycles. The first-order valence-electron chi connectivity index (χ1n) is 11.4. The molecule has 38 heavy (non-hydrogen) atoms. The molecule has 1 atom stereocenters. The van der Waals surface area contributed by atoms with Crippen LogP contribution >= 0.6 is 23.2 Å². The summed E-state index contributed by atoms with van der Waals surface area (Å²) in [4.78, 5) is 40.1. The Morgan fingerprint density at radius 3 is 2.24 bits per heavy atom. The monoisotopic (exact) mass is 564 g/mol. The van der Waals surface area contributed by atoms with Crippen molar-refractivity contribution in [2.24, 2.45) is 5.16 Å². The molecule has 4 rings (SSSR count). The number of nitrogens with zero attached hydrogens (tertiary/aromatic N) is 4. The van der Waals surface area contributed by atoms with Gasteiger partial charge in [0.1, 0.15) is 0 Å². The van der Waals surface area contributed by atoms with Gasteiger partial charge in [0.15, 0.2) is 0 Å². The maximum Gasteiger partial charge on any atom is 0.435 e. The highest BCUT2D eigenvalue weighted by Crippen LogP contribution is 2.49. The van der Waals surface area contributed by atoms with Gasteiger partial charge in [-0.1, -0.05) is 41.3 Å². The van der Waals surface area contributed by atoms with Crippen LogP contribution in [0.2, 0.25) is 10.0 Å². The zero-order valence-electron chi connectivity index (χ0n) is 20.4. The number of rotatable bonds is 5. The van der Waals surface area contributed by atoms with Crippen LogP contribution in [-0.2, 0) is 15.2 Å². The molecule has 1 unspecified atom stereocenters. The second-order valence-electron chi connectivity index (χ2n) is 8.77. The highest BCUT2D eigenvalue weighted by atomic mass is 35.5. The van der Waals surface area contributed by atoms with Crippen LogP contribution in [0.5, 0.6) is 0 Å². The van der Waals surface area contributed by atoms with E-state index in [-0.39, 0.29) is 39.3 Å². The van der Waals surface area contributed by atoms with E-state index in [0.29, 0.717) is 11.1 Å². The second-order valence-corrected chi connectivity index (χ2v) is 9.64. The lowest BCUT2D eigenvalue weighted by Crippen LogP contribution is -2.42. The van der Waals surface area contributed by atoms with Crippen molar-refractivity contribution in [1.29, 1.82) is 0 Å². The summed E-state index contributed by atoms with van der Waals surface area (Å²) in [5.41, 5.74) is -1.42. The third-order valence-electron chi connectivity index (χ3n) is 6.03. The first kappa shape index (κ1) is 27.5. The third kappa shape index (κ3) is 5.10. The smallest absolute Gasteiger partial charge is 0.374 e. The summed E-state index contributed by atoms with van der Waals surface area (Å²) in [6.45, 7) is 4.97. The van der Waals surface area contributed by atoms with Gasteiger partial charge < -0.3 is 4.84 Å². The van der Waals surface area contributed by atoms with Crippen molar-refractivity contribution in [3.8, 4) is 0 Å². The zero-order valence-corrected chi connectivity index (χ0v) is 21.9. The molecular weight excluding hydrogens is 544 g/mol. The number of amides is 2. The van der Waals surface area contributed by atoms with E-state index in [0.717, 1.165) is 22.6 Å². The first-order valence-corrected chi connectivity index (χ1v) is 12.2. The van der Waals surface area contributed by atoms with Crippen LogP contribution in [0.3, 0.4) is 0 Å². The lowest BCUT2D eigenvalue weighted by molar-refractivity contribution is -0.275. The number of halogens is 5. The average Bonchev–Trinajstić information content (AvgIpc) is 3.32. The largest absolute Gasteiger partial charge is 0.435 e. The summed E-state index contributed by atoms with van der Waals surface area (Å²) >= 11 is 11.9. The van der Waals surface area contributed by atoms with E-state index in [1.54, 1.807) is 20.8 Å². The SMILES string of the molecule is CCC(=O)N(C(=O)c1ccc(C2=NOC(c3cc(Cl)cc(Cl)c3)(C(F)(F)F)C2)cc1C)c1ncc(C)cn1. The quantitative estimate of drug-likeness (QED) is 0.350. The van der Waals surface area contributed by atoms with Crippen LogP contribution in [0.15, 0.2) is 53.9 Å². The zero-order chi connectivity index (χ0) is 27.8. The van der Waals surface area contributed by atoms with Crippen molar-refractivity contribution < 1.29 is 27.6 Å². The predicted octanol–water partition coefficient (Wildman–Crippen LogP) is 6.57. The number of aryl methyl sites for hydroxylation is 2. The molecule has 3 aromatic rings. The molecule has 0 radical (unpaired) electrons. The van der Waals surface area contributed by atoms with Gasteiger partial charge >= 0.3 is 6.18 Å². The highest BCUT2D eigenvalue weighted by molar-refractivity contribution is 6.34. The van der Waals surface area contributed by atoms with Crippen LogP contribution < -0.4 is 4.90 Å². The Balaban J connectivity index is 1.66. The number of carbonyl (C=O) groups excluding carboxylic acids is 2. The van der Waals surface area contributed by atoms with Crippen molar-refractivity contribution >= 4 is 46.7 Å². The topological polar surface area (TPSA) is 84.8 Å². The lowest BCUT2D eigenvalue weighted by atomic mass is 9.86. The number of anilines is 1. The number of hydrogen-bond donors (Lipinski definition) is 0. The standard InChI is InChI=1S/C26H21Cl2F3N4O3/c1-4-22(36)35(24-32-12-14(2)13-33-24)23(37)20-6-5-16(7-15(20)3)21-11-25(38-34-21,26(29,30)31)17-8-18(27)10-19(28)9-17/h5-10,12-13H,4,11H2,1-3H3. The van der Waals surface area contributed by atoms with Gasteiger partial charge in [-0.05, 0) is 60.9 Å². The van der Waals surface area contributed by atoms with Crippen molar-refractivity contribution in [3.05, 3.63) is 86.7 Å². The Morgan fingerprint density at radius 1 is 1.05 bits per heavy atom. The van der Waals surface area contributed by atoms with Gasteiger partial charge in [0, 0.05) is 46.4 Å². The molecule has 0 spiro atoms. The molecule has 2 aromatic carbocycles. The molecule has 0 bridgehead atoms. The molecule has 2 heterocycles. The molecule has 7 nitrogen and oxygen atoms in total. The van der Waals surface area contributed by atoms with Gasteiger partial charge in [-0.25, -0.2) is 14.9 Å². The third-order valence-corrected chi connectivity index (χ3v) is 6.46. The number of benzene rings is 2. The molecular formula is C26H21Cl2F3N4O3. The Kier molecular flexibility index (Phi) is 7.49. The van der Waals surface area contributed by atoms with Crippen molar-refractivity contribution in [1.82, 2.24) is 9.97 Å². The van der Waals surface area contributed by atoms with E-state index >= 15 is 0 Å². The van der Waals surface area contributed by atoms with Gasteiger partial charge in [-0.15, -0.1) is 0 Å². The van der Waals surface area contributed by atoms with E-state index in [4.69, 9.17) is 28.0 Å². The number of oxime groups is 1. The summed E-state index contributed by atoms with van der Waals surface area (Å²) in [5.74, 6) is -1.24. The summed E-state index contributed by atoms with van der Waals surface area (Å²) in [6.07, 6.45) is -2.48. The van der Waals surface area contributed by atoms with Gasteiger partial charge in [0.25, 0.3) is 11.5 Å². The minimum absolute atomic E-state index is 0.0175. The minimum Gasteiger partial charge on any atom is -0.374 e. The Morgan fingerprint density at radius 2 is 1.68 bits per heavy atom. The summed E-state index contributed by atoms with van der Waals surface area (Å²) in [7, 11) is 0. The Hall–Kier alpha value is -3.50. The fraction of sp³-hybridized carbons (Fsp3) is 0.269. The van der Waals surface area contributed by atoms with Crippen LogP contribution in [-0.4, -0.2) is 33.7 Å². The molecule has 0 fully saturated rings. The Labute approximate surface area is 226 Å². The lowest BCUT2D eigenvalue weighted by Gasteiger charge is -2.29. The van der Waals surface area contributed by atoms with Gasteiger partial charge in [-0.2, -0.15) is 13.2 Å². The summed E-state index contributed by atoms with van der Waals surface area (Å²) < 4.78 is 42.9. The number of hydrogen-bond acceptors (Lipinski definition) is 6. The fourth-order valence-corrected chi connectivity index (χ4v) is 4.55. The summed E-state index contributed by atoms with van der Waals surface area (Å²) in [5, 5.41) is 3.80. The van der Waals surface area contributed by atoms with E-state index < -0.39 is 30.0 Å². The van der Waals surface area contributed by atoms with Crippen LogP contribution in [0.25, 0.3) is 0 Å². The van der Waals surface area contributed by atoms with E-state index in [1.807, 2.05) is 0 Å². The normalized spacial score (nSPS) is 17.1. The van der Waals surface area contributed by atoms with Crippen LogP contribution in [0, 0.1) is 13.8 Å². The minimum atomic E-state index is -4.84. The number of carbonyl (C=O) groups is 2. The predicted molar refractivity (Wildman–Crippen MR) is 136 cm³/mol. The molecule has 12 heteroatoms. The molecule has 0 N–H and O–H groups in total. The Bertz CT molecular complexity index is 1420. The molecule has 1 aliphatic heterocycles. The van der Waals surface area contributed by atoms with Crippen LogP contribution in [0.4, 0.5) is 19.1 Å². The number of aromatic nitrogens is 2. The molecule has 198 valence electrons. The van der Waals surface area contributed by atoms with E-state index in [9.17, 15) is 22.8 Å². The number of imide groups is 1. The molecule has 1 aromatic heterocycles. The van der Waals surface area contributed by atoms with Crippen molar-refractivity contribution in [2.75, 3.05) is 4.90 Å². The maximum atomic E-state index is 14.3. The molecule has 1 aliphatic rings. The van der Waals surface area contributed by atoms with E-state index in [2.05, 4.69) is 15.1 Å². The van der Waals surface area contributed by atoms with Gasteiger partial charge in [-0.3, -0.25) is 9.59 Å². The highest BCUT2D eigenvalue weighted by Gasteiger charge is 2.62. The number of alkyl halides is 3. The summed E-state index contributed by atoms with van der Waals surface area (Å²) in [6, 6.07) is 7.98. The second kappa shape index (κ2) is 10.3. The van der Waals surface area contributed by atoms with Crippen molar-refractivity contribution in [2.45, 2.75) is 45.4 Å². The van der Waals surface area contributed by atoms with Gasteiger partial charge in [0.2, 0.25) is 11.9 Å². The molecule has 0 saturated heterocycles. The van der Waals surface area contributed by atoms with E-state index in [1.165, 1.54) is 36.7 Å². The maximum absolute atomic E-state index is 14.3. The van der Waals surface area contributed by atoms with Gasteiger partial charge in [0.05, 0.1) is 5.71 Å². The fourth-order valence-electron chi connectivity index (χ4n) is 4.02. The van der Waals surface area contributed by atoms with Crippen molar-refractivity contribution in [3.63, 3.8) is 0 Å². The molecule has 0 saturated carbocycles. The van der Waals surface area contributed by atoms with Crippen LogP contribution in [0.1, 0.15) is 52.4 Å².